The zero-order chi connectivity index (χ0) is 19.4. The number of carbonyl (C=O) groups excluding carboxylic acids is 2. The smallest absolute Gasteiger partial charge is 0.336 e. The highest BCUT2D eigenvalue weighted by Crippen LogP contribution is 2.41. The van der Waals surface area contributed by atoms with E-state index in [1.807, 2.05) is 0 Å². The van der Waals surface area contributed by atoms with Crippen LogP contribution >= 0.6 is 0 Å². The van der Waals surface area contributed by atoms with E-state index in [0.29, 0.717) is 23.4 Å². The highest BCUT2D eigenvalue weighted by Gasteiger charge is 2.42. The third-order valence-corrected chi connectivity index (χ3v) is 4.59. The van der Waals surface area contributed by atoms with Crippen molar-refractivity contribution in [1.29, 1.82) is 0 Å². The van der Waals surface area contributed by atoms with E-state index in [0.717, 1.165) is 0 Å². The maximum absolute atomic E-state index is 12.6. The number of non-ortho nitro benzene ring substituents is 1. The fourth-order valence-corrected chi connectivity index (χ4v) is 3.25. The summed E-state index contributed by atoms with van der Waals surface area (Å²) >= 11 is 0. The van der Waals surface area contributed by atoms with Crippen molar-refractivity contribution >= 4 is 17.6 Å². The van der Waals surface area contributed by atoms with Crippen LogP contribution in [0.1, 0.15) is 25.3 Å². The van der Waals surface area contributed by atoms with Gasteiger partial charge in [-0.05, 0) is 19.4 Å². The number of esters is 2. The van der Waals surface area contributed by atoms with Crippen LogP contribution in [0.4, 0.5) is 5.69 Å². The van der Waals surface area contributed by atoms with Crippen molar-refractivity contribution in [3.8, 4) is 0 Å². The highest BCUT2D eigenvalue weighted by atomic mass is 16.6. The van der Waals surface area contributed by atoms with E-state index in [4.69, 9.17) is 9.47 Å². The van der Waals surface area contributed by atoms with Crippen molar-refractivity contribution in [2.75, 3.05) is 27.3 Å². The molecule has 0 amide bonds. The van der Waals surface area contributed by atoms with Crippen molar-refractivity contribution in [3.05, 3.63) is 51.2 Å². The largest absolute Gasteiger partial charge is 0.469 e. The van der Waals surface area contributed by atoms with Gasteiger partial charge in [0.1, 0.15) is 0 Å². The van der Waals surface area contributed by atoms with Gasteiger partial charge in [0, 0.05) is 37.3 Å². The van der Waals surface area contributed by atoms with Gasteiger partial charge in [0.15, 0.2) is 0 Å². The summed E-state index contributed by atoms with van der Waals surface area (Å²) in [5.74, 6) is -2.39. The molecule has 1 aliphatic heterocycles. The molecule has 8 nitrogen and oxygen atoms in total. The van der Waals surface area contributed by atoms with Gasteiger partial charge in [-0.2, -0.15) is 0 Å². The van der Waals surface area contributed by atoms with E-state index in [1.54, 1.807) is 31.9 Å². The molecule has 2 atom stereocenters. The van der Waals surface area contributed by atoms with Gasteiger partial charge in [0.2, 0.25) is 0 Å². The lowest BCUT2D eigenvalue weighted by molar-refractivity contribution is -0.384. The number of rotatable bonds is 5. The molecular weight excluding hydrogens is 340 g/mol. The summed E-state index contributed by atoms with van der Waals surface area (Å²) in [7, 11) is 3.05. The van der Waals surface area contributed by atoms with E-state index >= 15 is 0 Å². The van der Waals surface area contributed by atoms with Crippen LogP contribution in [0, 0.1) is 16.0 Å². The minimum absolute atomic E-state index is 0.106. The minimum Gasteiger partial charge on any atom is -0.469 e. The van der Waals surface area contributed by atoms with E-state index in [2.05, 4.69) is 0 Å². The number of nitro benzene ring substituents is 1. The Morgan fingerprint density at radius 1 is 1.38 bits per heavy atom. The molecule has 0 unspecified atom stereocenters. The fraction of sp³-hybridized carbons (Fsp3) is 0.444. The molecule has 0 saturated heterocycles. The molecule has 0 fully saturated rings. The summed E-state index contributed by atoms with van der Waals surface area (Å²) in [5, 5.41) is 11.1. The van der Waals surface area contributed by atoms with E-state index < -0.39 is 28.7 Å². The van der Waals surface area contributed by atoms with E-state index in [-0.39, 0.29) is 12.3 Å². The molecule has 140 valence electrons. The molecule has 0 aliphatic carbocycles. The molecule has 0 radical (unpaired) electrons. The Bertz CT molecular complexity index is 758. The molecular formula is C18H22N2O6. The molecule has 1 aliphatic rings. The summed E-state index contributed by atoms with van der Waals surface area (Å²) in [6.45, 7) is 3.98. The summed E-state index contributed by atoms with van der Waals surface area (Å²) in [5.41, 5.74) is 1.38. The van der Waals surface area contributed by atoms with Crippen molar-refractivity contribution < 1.29 is 24.0 Å². The number of nitro groups is 1. The van der Waals surface area contributed by atoms with Gasteiger partial charge in [0.05, 0.1) is 30.1 Å². The molecule has 0 N–H and O–H groups in total. The quantitative estimate of drug-likeness (QED) is 0.450. The lowest BCUT2D eigenvalue weighted by atomic mass is 9.76. The van der Waals surface area contributed by atoms with Crippen LogP contribution in [0.25, 0.3) is 0 Å². The number of carbonyl (C=O) groups is 2. The molecule has 0 aromatic heterocycles. The number of hydrogen-bond donors (Lipinski definition) is 0. The van der Waals surface area contributed by atoms with Crippen LogP contribution in [-0.4, -0.2) is 49.1 Å². The van der Waals surface area contributed by atoms with Crippen LogP contribution in [0.3, 0.4) is 0 Å². The summed E-state index contributed by atoms with van der Waals surface area (Å²) in [4.78, 5) is 37.4. The second kappa shape index (κ2) is 7.99. The molecule has 0 spiro atoms. The van der Waals surface area contributed by atoms with Gasteiger partial charge < -0.3 is 14.4 Å². The maximum atomic E-state index is 12.6. The SMILES string of the molecule is CCOC(=O)C1=C(C)N(C)C[C@H](C(=O)OC)[C@@H]1c1cccc([N+](=O)[O-])c1. The Morgan fingerprint density at radius 3 is 2.65 bits per heavy atom. The van der Waals surface area contributed by atoms with Crippen LogP contribution in [0.5, 0.6) is 0 Å². The fourth-order valence-electron chi connectivity index (χ4n) is 3.25. The third-order valence-electron chi connectivity index (χ3n) is 4.59. The lowest BCUT2D eigenvalue weighted by Crippen LogP contribution is -2.42. The first-order valence-electron chi connectivity index (χ1n) is 8.23. The monoisotopic (exact) mass is 362 g/mol. The van der Waals surface area contributed by atoms with Gasteiger partial charge >= 0.3 is 11.9 Å². The average Bonchev–Trinajstić information content (AvgIpc) is 2.62. The normalized spacial score (nSPS) is 19.9. The Morgan fingerprint density at radius 2 is 2.08 bits per heavy atom. The first-order valence-corrected chi connectivity index (χ1v) is 8.23. The molecule has 0 bridgehead atoms. The number of benzene rings is 1. The number of hydrogen-bond acceptors (Lipinski definition) is 7. The Balaban J connectivity index is 2.65. The zero-order valence-electron chi connectivity index (χ0n) is 15.2. The predicted octanol–water partition coefficient (Wildman–Crippen LogP) is 2.25. The standard InChI is InChI=1S/C18H22N2O6/c1-5-26-18(22)15-11(2)19(3)10-14(17(21)25-4)16(15)12-7-6-8-13(9-12)20(23)24/h6-9,14,16H,5,10H2,1-4H3/t14-,16-/m0/s1. The number of allylic oxidation sites excluding steroid dienone is 1. The van der Waals surface area contributed by atoms with Crippen molar-refractivity contribution in [3.63, 3.8) is 0 Å². The number of methoxy groups -OCH3 is 1. The van der Waals surface area contributed by atoms with Crippen LogP contribution in [-0.2, 0) is 19.1 Å². The first-order chi connectivity index (χ1) is 12.3. The number of ether oxygens (including phenoxy) is 2. The van der Waals surface area contributed by atoms with Crippen molar-refractivity contribution in [1.82, 2.24) is 4.90 Å². The zero-order valence-corrected chi connectivity index (χ0v) is 15.2. The maximum Gasteiger partial charge on any atom is 0.336 e. The van der Waals surface area contributed by atoms with Gasteiger partial charge in [0.25, 0.3) is 5.69 Å². The first kappa shape index (κ1) is 19.4. The lowest BCUT2D eigenvalue weighted by Gasteiger charge is -2.38. The summed E-state index contributed by atoms with van der Waals surface area (Å²) in [6.07, 6.45) is 0. The highest BCUT2D eigenvalue weighted by molar-refractivity contribution is 5.93. The summed E-state index contributed by atoms with van der Waals surface area (Å²) < 4.78 is 10.1. The molecule has 1 aromatic carbocycles. The Labute approximate surface area is 151 Å². The Hall–Kier alpha value is -2.90. The van der Waals surface area contributed by atoms with Crippen LogP contribution < -0.4 is 0 Å². The summed E-state index contributed by atoms with van der Waals surface area (Å²) in [6, 6.07) is 5.97. The molecule has 8 heteroatoms. The van der Waals surface area contributed by atoms with E-state index in [9.17, 15) is 19.7 Å². The second-order valence-corrected chi connectivity index (χ2v) is 6.06. The predicted molar refractivity (Wildman–Crippen MR) is 93.3 cm³/mol. The van der Waals surface area contributed by atoms with Crippen LogP contribution in [0.2, 0.25) is 0 Å². The topological polar surface area (TPSA) is 99.0 Å². The van der Waals surface area contributed by atoms with Crippen molar-refractivity contribution in [2.45, 2.75) is 19.8 Å². The average molecular weight is 362 g/mol. The van der Waals surface area contributed by atoms with Crippen molar-refractivity contribution in [2.24, 2.45) is 5.92 Å². The Kier molecular flexibility index (Phi) is 5.97. The molecule has 26 heavy (non-hydrogen) atoms. The molecule has 1 aromatic rings. The van der Waals surface area contributed by atoms with Gasteiger partial charge in [-0.3, -0.25) is 14.9 Å². The van der Waals surface area contributed by atoms with Gasteiger partial charge in [-0.15, -0.1) is 0 Å². The van der Waals surface area contributed by atoms with Gasteiger partial charge in [-0.25, -0.2) is 4.79 Å². The molecule has 1 heterocycles. The van der Waals surface area contributed by atoms with E-state index in [1.165, 1.54) is 25.3 Å². The number of nitrogens with zero attached hydrogens (tertiary/aromatic N) is 2. The minimum atomic E-state index is -0.685. The van der Waals surface area contributed by atoms with Crippen LogP contribution in [0.15, 0.2) is 35.5 Å². The second-order valence-electron chi connectivity index (χ2n) is 6.06. The van der Waals surface area contributed by atoms with Gasteiger partial charge in [-0.1, -0.05) is 12.1 Å². The molecule has 0 saturated carbocycles. The third kappa shape index (κ3) is 3.68. The molecule has 2 rings (SSSR count).